The molecule has 1 aliphatic carbocycles. The molecule has 1 saturated carbocycles. The highest BCUT2D eigenvalue weighted by molar-refractivity contribution is 5.33. The molecule has 0 bridgehead atoms. The van der Waals surface area contributed by atoms with Gasteiger partial charge in [-0.05, 0) is 44.4 Å². The lowest BCUT2D eigenvalue weighted by Gasteiger charge is -2.44. The lowest BCUT2D eigenvalue weighted by atomic mass is 9.72. The first-order valence-electron chi connectivity index (χ1n) is 10.2. The molecule has 2 fully saturated rings. The predicted molar refractivity (Wildman–Crippen MR) is 102 cm³/mol. The highest BCUT2D eigenvalue weighted by Gasteiger charge is 2.40. The zero-order valence-corrected chi connectivity index (χ0v) is 16.6. The molecule has 1 heterocycles. The van der Waals surface area contributed by atoms with Crippen molar-refractivity contribution in [3.63, 3.8) is 0 Å². The second kappa shape index (κ2) is 8.59. The zero-order chi connectivity index (χ0) is 20.4. The zero-order valence-electron chi connectivity index (χ0n) is 16.6. The van der Waals surface area contributed by atoms with Crippen LogP contribution >= 0.6 is 0 Å². The van der Waals surface area contributed by atoms with Gasteiger partial charge in [-0.2, -0.15) is 0 Å². The summed E-state index contributed by atoms with van der Waals surface area (Å²) in [6.45, 7) is 6.60. The van der Waals surface area contributed by atoms with E-state index in [2.05, 4.69) is 28.8 Å². The maximum absolute atomic E-state index is 12.7. The van der Waals surface area contributed by atoms with Crippen LogP contribution in [-0.4, -0.2) is 53.7 Å². The Morgan fingerprint density at radius 3 is 2.43 bits per heavy atom. The molecule has 1 aromatic rings. The molecule has 0 spiro atoms. The normalized spacial score (nSPS) is 27.4. The summed E-state index contributed by atoms with van der Waals surface area (Å²) in [4.78, 5) is 2.32. The lowest BCUT2D eigenvalue weighted by molar-refractivity contribution is -0.274. The topological polar surface area (TPSA) is 44.7 Å². The minimum absolute atomic E-state index is 0.226. The minimum Gasteiger partial charge on any atom is -0.406 e. The number of rotatable bonds is 5. The van der Waals surface area contributed by atoms with Crippen molar-refractivity contribution in [2.24, 2.45) is 0 Å². The number of hydrogen-bond donors (Lipinski definition) is 2. The summed E-state index contributed by atoms with van der Waals surface area (Å²) in [5.74, 6) is -0.474. The van der Waals surface area contributed by atoms with Gasteiger partial charge in [0.15, 0.2) is 0 Å². The first kappa shape index (κ1) is 21.4. The van der Waals surface area contributed by atoms with Gasteiger partial charge >= 0.3 is 6.36 Å². The van der Waals surface area contributed by atoms with Crippen LogP contribution in [0.25, 0.3) is 0 Å². The number of ether oxygens (including phenoxy) is 1. The van der Waals surface area contributed by atoms with Gasteiger partial charge in [0.05, 0.1) is 5.60 Å². The molecule has 1 aromatic carbocycles. The maximum Gasteiger partial charge on any atom is 0.573 e. The molecule has 28 heavy (non-hydrogen) atoms. The number of piperazine rings is 1. The van der Waals surface area contributed by atoms with Gasteiger partial charge in [-0.25, -0.2) is 0 Å². The molecule has 2 aliphatic rings. The van der Waals surface area contributed by atoms with E-state index in [1.54, 1.807) is 6.07 Å². The molecule has 158 valence electrons. The van der Waals surface area contributed by atoms with Gasteiger partial charge in [0.25, 0.3) is 0 Å². The van der Waals surface area contributed by atoms with Crippen molar-refractivity contribution in [3.05, 3.63) is 29.8 Å². The third-order valence-corrected chi connectivity index (χ3v) is 5.94. The van der Waals surface area contributed by atoms with Crippen molar-refractivity contribution in [3.8, 4) is 5.75 Å². The Bertz CT molecular complexity index is 637. The van der Waals surface area contributed by atoms with E-state index in [9.17, 15) is 18.3 Å². The van der Waals surface area contributed by atoms with Crippen molar-refractivity contribution in [2.75, 3.05) is 19.6 Å². The highest BCUT2D eigenvalue weighted by atomic mass is 19.4. The van der Waals surface area contributed by atoms with Gasteiger partial charge in [0, 0.05) is 37.6 Å². The van der Waals surface area contributed by atoms with E-state index in [4.69, 9.17) is 0 Å². The molecular formula is C21H31F3N2O2. The number of aliphatic hydroxyl groups is 1. The van der Waals surface area contributed by atoms with Crippen molar-refractivity contribution >= 4 is 0 Å². The Morgan fingerprint density at radius 1 is 1.18 bits per heavy atom. The van der Waals surface area contributed by atoms with Gasteiger partial charge < -0.3 is 15.2 Å². The molecule has 1 saturated heterocycles. The van der Waals surface area contributed by atoms with E-state index in [0.29, 0.717) is 37.0 Å². The second-order valence-electron chi connectivity index (χ2n) is 8.52. The maximum atomic E-state index is 12.7. The van der Waals surface area contributed by atoms with Crippen LogP contribution < -0.4 is 10.1 Å². The SMILES string of the molecule is CC1CN(C[C@H](c2cccc(OC(F)(F)F)c2)C2(O)CCCCC2)C[C@H](C)N1. The molecule has 1 aliphatic heterocycles. The third kappa shape index (κ3) is 5.61. The van der Waals surface area contributed by atoms with Crippen molar-refractivity contribution in [2.45, 2.75) is 75.9 Å². The van der Waals surface area contributed by atoms with Gasteiger partial charge in [0.2, 0.25) is 0 Å². The van der Waals surface area contributed by atoms with Crippen molar-refractivity contribution < 1.29 is 23.0 Å². The number of nitrogens with one attached hydrogen (secondary N) is 1. The number of halogens is 3. The van der Waals surface area contributed by atoms with Crippen LogP contribution in [0.1, 0.15) is 57.4 Å². The van der Waals surface area contributed by atoms with E-state index in [1.807, 2.05) is 6.07 Å². The third-order valence-electron chi connectivity index (χ3n) is 5.94. The Balaban J connectivity index is 1.87. The average Bonchev–Trinajstić information content (AvgIpc) is 2.58. The monoisotopic (exact) mass is 400 g/mol. The molecule has 0 aromatic heterocycles. The van der Waals surface area contributed by atoms with Crippen LogP contribution in [-0.2, 0) is 0 Å². The molecular weight excluding hydrogens is 369 g/mol. The molecule has 1 unspecified atom stereocenters. The van der Waals surface area contributed by atoms with E-state index in [0.717, 1.165) is 32.4 Å². The van der Waals surface area contributed by atoms with E-state index >= 15 is 0 Å². The van der Waals surface area contributed by atoms with E-state index in [-0.39, 0.29) is 11.7 Å². The fourth-order valence-corrected chi connectivity index (χ4v) is 4.87. The summed E-state index contributed by atoms with van der Waals surface area (Å²) >= 11 is 0. The van der Waals surface area contributed by atoms with Crippen LogP contribution in [0.15, 0.2) is 24.3 Å². The first-order valence-corrected chi connectivity index (χ1v) is 10.2. The van der Waals surface area contributed by atoms with Crippen LogP contribution in [0, 0.1) is 0 Å². The fraction of sp³-hybridized carbons (Fsp3) is 0.714. The lowest BCUT2D eigenvalue weighted by Crippen LogP contribution is -2.56. The Hall–Kier alpha value is -1.31. The minimum atomic E-state index is -4.72. The summed E-state index contributed by atoms with van der Waals surface area (Å²) in [5, 5.41) is 15.0. The Morgan fingerprint density at radius 2 is 1.82 bits per heavy atom. The van der Waals surface area contributed by atoms with Crippen molar-refractivity contribution in [1.29, 1.82) is 0 Å². The molecule has 4 nitrogen and oxygen atoms in total. The highest BCUT2D eigenvalue weighted by Crippen LogP contribution is 2.41. The summed E-state index contributed by atoms with van der Waals surface area (Å²) in [6.07, 6.45) is -0.383. The summed E-state index contributed by atoms with van der Waals surface area (Å²) < 4.78 is 42.2. The molecule has 3 rings (SSSR count). The van der Waals surface area contributed by atoms with Gasteiger partial charge in [-0.15, -0.1) is 13.2 Å². The number of benzene rings is 1. The second-order valence-corrected chi connectivity index (χ2v) is 8.52. The van der Waals surface area contributed by atoms with Crippen LogP contribution in [0.2, 0.25) is 0 Å². The molecule has 2 N–H and O–H groups in total. The predicted octanol–water partition coefficient (Wildman–Crippen LogP) is 4.05. The molecule has 0 amide bonds. The van der Waals surface area contributed by atoms with Crippen LogP contribution in [0.5, 0.6) is 5.75 Å². The van der Waals surface area contributed by atoms with Gasteiger partial charge in [-0.3, -0.25) is 4.90 Å². The Kier molecular flexibility index (Phi) is 6.57. The van der Waals surface area contributed by atoms with E-state index < -0.39 is 12.0 Å². The van der Waals surface area contributed by atoms with E-state index in [1.165, 1.54) is 12.1 Å². The molecule has 3 atom stereocenters. The number of alkyl halides is 3. The smallest absolute Gasteiger partial charge is 0.406 e. The fourth-order valence-electron chi connectivity index (χ4n) is 4.87. The Labute approximate surface area is 165 Å². The number of hydrogen-bond acceptors (Lipinski definition) is 4. The first-order chi connectivity index (χ1) is 13.1. The van der Waals surface area contributed by atoms with Gasteiger partial charge in [-0.1, -0.05) is 31.4 Å². The quantitative estimate of drug-likeness (QED) is 0.783. The number of nitrogens with zero attached hydrogens (tertiary/aromatic N) is 1. The average molecular weight is 400 g/mol. The summed E-state index contributed by atoms with van der Waals surface area (Å²) in [5.41, 5.74) is -0.183. The molecule has 7 heteroatoms. The summed E-state index contributed by atoms with van der Waals surface area (Å²) in [7, 11) is 0. The van der Waals surface area contributed by atoms with Crippen LogP contribution in [0.3, 0.4) is 0 Å². The summed E-state index contributed by atoms with van der Waals surface area (Å²) in [6, 6.07) is 6.83. The standard InChI is InChI=1S/C21H31F3N2O2/c1-15-12-26(13-16(2)25-15)14-19(20(27)9-4-3-5-10-20)17-7-6-8-18(11-17)28-21(22,23)24/h6-8,11,15-16,19,25,27H,3-5,9-10,12-14H2,1-2H3/t15-,16?,19+/m0/s1. The largest absolute Gasteiger partial charge is 0.573 e. The van der Waals surface area contributed by atoms with Crippen LogP contribution in [0.4, 0.5) is 13.2 Å². The molecule has 0 radical (unpaired) electrons. The van der Waals surface area contributed by atoms with Gasteiger partial charge in [0.1, 0.15) is 5.75 Å². The van der Waals surface area contributed by atoms with Crippen molar-refractivity contribution in [1.82, 2.24) is 10.2 Å².